The maximum atomic E-state index is 9.63. The lowest BCUT2D eigenvalue weighted by molar-refractivity contribution is 0.114. The summed E-state index contributed by atoms with van der Waals surface area (Å²) in [5.41, 5.74) is 16.1. The summed E-state index contributed by atoms with van der Waals surface area (Å²) in [4.78, 5) is 3.81. The first-order chi connectivity index (χ1) is 6.99. The molecule has 0 aliphatic carbocycles. The zero-order chi connectivity index (χ0) is 11.8. The van der Waals surface area contributed by atoms with Gasteiger partial charge in [0.2, 0.25) is 0 Å². The van der Waals surface area contributed by atoms with E-state index in [1.807, 2.05) is 0 Å². The van der Waals surface area contributed by atoms with E-state index in [0.717, 1.165) is 6.42 Å². The number of aliphatic hydroxyl groups excluding tert-OH is 1. The Balaban J connectivity index is 3.78. The van der Waals surface area contributed by atoms with Crippen LogP contribution in [0.3, 0.4) is 0 Å². The minimum Gasteiger partial charge on any atom is -0.391 e. The van der Waals surface area contributed by atoms with E-state index in [4.69, 9.17) is 22.6 Å². The summed E-state index contributed by atoms with van der Waals surface area (Å²) >= 11 is 0. The van der Waals surface area contributed by atoms with E-state index in [9.17, 15) is 5.11 Å². The third kappa shape index (κ3) is 6.03. The molecule has 0 spiro atoms. The number of rotatable bonds is 7. The summed E-state index contributed by atoms with van der Waals surface area (Å²) < 4.78 is 0. The molecule has 0 amide bonds. The fourth-order valence-corrected chi connectivity index (χ4v) is 1.19. The van der Waals surface area contributed by atoms with Gasteiger partial charge in [-0.1, -0.05) is 6.92 Å². The van der Waals surface area contributed by atoms with Crippen LogP contribution in [0.25, 0.3) is 0 Å². The molecule has 0 aliphatic heterocycles. The van der Waals surface area contributed by atoms with Crippen LogP contribution in [0.2, 0.25) is 0 Å². The van der Waals surface area contributed by atoms with Crippen molar-refractivity contribution in [2.75, 3.05) is 6.54 Å². The number of aliphatic imine (C=N–C) groups is 1. The van der Waals surface area contributed by atoms with Crippen LogP contribution in [0.15, 0.2) is 4.99 Å². The summed E-state index contributed by atoms with van der Waals surface area (Å²) in [6.07, 6.45) is 1.87. The van der Waals surface area contributed by atoms with Gasteiger partial charge in [0.25, 0.3) is 0 Å². The normalized spacial score (nSPS) is 16.5. The van der Waals surface area contributed by atoms with E-state index < -0.39 is 6.10 Å². The second-order valence-electron chi connectivity index (χ2n) is 3.63. The predicted molar refractivity (Wildman–Crippen MR) is 61.8 cm³/mol. The molecular weight excluding hydrogens is 194 g/mol. The Morgan fingerprint density at radius 1 is 1.53 bits per heavy atom. The molecule has 0 fully saturated rings. The van der Waals surface area contributed by atoms with Crippen LogP contribution in [-0.2, 0) is 0 Å². The predicted octanol–water partition coefficient (Wildman–Crippen LogP) is -0.986. The molecule has 6 nitrogen and oxygen atoms in total. The number of guanidine groups is 1. The largest absolute Gasteiger partial charge is 0.391 e. The van der Waals surface area contributed by atoms with Crippen LogP contribution in [0.5, 0.6) is 0 Å². The maximum absolute atomic E-state index is 9.63. The molecule has 3 unspecified atom stereocenters. The molecule has 0 aromatic carbocycles. The fourth-order valence-electron chi connectivity index (χ4n) is 1.19. The molecule has 0 aromatic rings. The van der Waals surface area contributed by atoms with Crippen LogP contribution >= 0.6 is 0 Å². The Kier molecular flexibility index (Phi) is 6.64. The van der Waals surface area contributed by atoms with Crippen molar-refractivity contribution < 1.29 is 5.11 Å². The van der Waals surface area contributed by atoms with E-state index in [0.29, 0.717) is 13.0 Å². The standard InChI is InChI=1S/C9H21N5O/c1-6(5-10)8(15)7(11)3-2-4-14-9(12)13/h5-8,10,15H,2-4,11H2,1H3,(H4,12,13,14). The van der Waals surface area contributed by atoms with Gasteiger partial charge in [0.15, 0.2) is 5.96 Å². The molecule has 0 bridgehead atoms. The first-order valence-corrected chi connectivity index (χ1v) is 4.98. The number of nitrogens with one attached hydrogen (secondary N) is 1. The molecule has 0 saturated carbocycles. The third-order valence-corrected chi connectivity index (χ3v) is 2.23. The summed E-state index contributed by atoms with van der Waals surface area (Å²) in [6.45, 7) is 2.27. The molecule has 0 heterocycles. The molecule has 0 aliphatic rings. The van der Waals surface area contributed by atoms with Crippen molar-refractivity contribution in [1.29, 1.82) is 5.41 Å². The van der Waals surface area contributed by atoms with Gasteiger partial charge in [0.05, 0.1) is 6.10 Å². The molecular formula is C9H21N5O. The van der Waals surface area contributed by atoms with Gasteiger partial charge in [-0.2, -0.15) is 0 Å². The summed E-state index contributed by atoms with van der Waals surface area (Å²) in [7, 11) is 0. The molecule has 0 saturated heterocycles. The molecule has 15 heavy (non-hydrogen) atoms. The topological polar surface area (TPSA) is 134 Å². The Morgan fingerprint density at radius 2 is 2.13 bits per heavy atom. The highest BCUT2D eigenvalue weighted by atomic mass is 16.3. The minimum absolute atomic E-state index is 0.0666. The van der Waals surface area contributed by atoms with E-state index >= 15 is 0 Å². The van der Waals surface area contributed by atoms with Gasteiger partial charge in [-0.25, -0.2) is 0 Å². The second kappa shape index (κ2) is 7.19. The van der Waals surface area contributed by atoms with Crippen molar-refractivity contribution in [2.45, 2.75) is 31.9 Å². The van der Waals surface area contributed by atoms with E-state index in [1.165, 1.54) is 6.21 Å². The number of hydrogen-bond acceptors (Lipinski definition) is 4. The molecule has 0 radical (unpaired) electrons. The maximum Gasteiger partial charge on any atom is 0.185 e. The quantitative estimate of drug-likeness (QED) is 0.212. The highest BCUT2D eigenvalue weighted by Crippen LogP contribution is 2.08. The van der Waals surface area contributed by atoms with Crippen LogP contribution in [0.4, 0.5) is 0 Å². The molecule has 0 rings (SSSR count). The zero-order valence-electron chi connectivity index (χ0n) is 9.06. The van der Waals surface area contributed by atoms with E-state index in [1.54, 1.807) is 6.92 Å². The SMILES string of the molecule is CC(C=N)C(O)C(N)CCCN=C(N)N. The van der Waals surface area contributed by atoms with Gasteiger partial charge in [-0.3, -0.25) is 4.99 Å². The third-order valence-electron chi connectivity index (χ3n) is 2.23. The highest BCUT2D eigenvalue weighted by Gasteiger charge is 2.19. The zero-order valence-corrected chi connectivity index (χ0v) is 9.06. The van der Waals surface area contributed by atoms with E-state index in [-0.39, 0.29) is 17.9 Å². The highest BCUT2D eigenvalue weighted by molar-refractivity contribution is 5.75. The monoisotopic (exact) mass is 215 g/mol. The summed E-state index contributed by atoms with van der Waals surface area (Å²) in [5, 5.41) is 16.6. The van der Waals surface area contributed by atoms with Gasteiger partial charge in [0.1, 0.15) is 0 Å². The van der Waals surface area contributed by atoms with Gasteiger partial charge >= 0.3 is 0 Å². The Hall–Kier alpha value is -1.14. The van der Waals surface area contributed by atoms with Crippen LogP contribution in [0.1, 0.15) is 19.8 Å². The Bertz CT molecular complexity index is 215. The molecule has 6 heteroatoms. The van der Waals surface area contributed by atoms with Crippen LogP contribution in [-0.4, -0.2) is 36.0 Å². The first kappa shape index (κ1) is 13.9. The average Bonchev–Trinajstić information content (AvgIpc) is 2.21. The lowest BCUT2D eigenvalue weighted by atomic mass is 9.96. The van der Waals surface area contributed by atoms with Crippen molar-refractivity contribution >= 4 is 12.2 Å². The van der Waals surface area contributed by atoms with Crippen LogP contribution in [0, 0.1) is 11.3 Å². The number of aliphatic hydroxyl groups is 1. The lowest BCUT2D eigenvalue weighted by Gasteiger charge is -2.21. The van der Waals surface area contributed by atoms with Crippen molar-refractivity contribution in [3.05, 3.63) is 0 Å². The average molecular weight is 215 g/mol. The first-order valence-electron chi connectivity index (χ1n) is 4.98. The molecule has 88 valence electrons. The smallest absolute Gasteiger partial charge is 0.185 e. The van der Waals surface area contributed by atoms with Crippen LogP contribution < -0.4 is 17.2 Å². The second-order valence-corrected chi connectivity index (χ2v) is 3.63. The van der Waals surface area contributed by atoms with Crippen molar-refractivity contribution in [3.8, 4) is 0 Å². The lowest BCUT2D eigenvalue weighted by Crippen LogP contribution is -2.39. The Labute approximate surface area is 90.1 Å². The molecule has 0 aromatic heterocycles. The number of nitrogens with zero attached hydrogens (tertiary/aromatic N) is 1. The van der Waals surface area contributed by atoms with Gasteiger partial charge < -0.3 is 27.7 Å². The molecule has 3 atom stereocenters. The summed E-state index contributed by atoms with van der Waals surface area (Å²) in [6, 6.07) is -0.337. The van der Waals surface area contributed by atoms with Gasteiger partial charge in [-0.05, 0) is 12.8 Å². The van der Waals surface area contributed by atoms with Crippen molar-refractivity contribution in [1.82, 2.24) is 0 Å². The van der Waals surface area contributed by atoms with Gasteiger partial charge in [0, 0.05) is 24.7 Å². The Morgan fingerprint density at radius 3 is 2.60 bits per heavy atom. The summed E-state index contributed by atoms with van der Waals surface area (Å²) in [5.74, 6) is -0.153. The minimum atomic E-state index is -0.679. The van der Waals surface area contributed by atoms with E-state index in [2.05, 4.69) is 4.99 Å². The van der Waals surface area contributed by atoms with Crippen molar-refractivity contribution in [2.24, 2.45) is 28.1 Å². The van der Waals surface area contributed by atoms with Gasteiger partial charge in [-0.15, -0.1) is 0 Å². The number of nitrogens with two attached hydrogens (primary N) is 3. The fraction of sp³-hybridized carbons (Fsp3) is 0.778. The molecule has 8 N–H and O–H groups in total. The van der Waals surface area contributed by atoms with Crippen molar-refractivity contribution in [3.63, 3.8) is 0 Å². The number of hydrogen-bond donors (Lipinski definition) is 5.